The molecule has 2 fully saturated rings. The molecule has 2 saturated heterocycles. The fourth-order valence-electron chi connectivity index (χ4n) is 3.50. The molecule has 2 aliphatic rings. The summed E-state index contributed by atoms with van der Waals surface area (Å²) in [7, 11) is 0. The van der Waals surface area contributed by atoms with Crippen LogP contribution in [-0.4, -0.2) is 47.1 Å². The Morgan fingerprint density at radius 1 is 1.19 bits per heavy atom. The lowest BCUT2D eigenvalue weighted by atomic mass is 10.2. The van der Waals surface area contributed by atoms with E-state index in [9.17, 15) is 0 Å². The van der Waals surface area contributed by atoms with Crippen molar-refractivity contribution in [3.8, 4) is 0 Å². The number of nitrogens with zero attached hydrogens (tertiary/aromatic N) is 4. The fraction of sp³-hybridized carbons (Fsp3) is 0.750. The van der Waals surface area contributed by atoms with E-state index in [0.29, 0.717) is 11.2 Å². The molecule has 5 heteroatoms. The van der Waals surface area contributed by atoms with Gasteiger partial charge in [-0.05, 0) is 45.7 Å². The van der Waals surface area contributed by atoms with Crippen LogP contribution < -0.4 is 4.90 Å². The lowest BCUT2D eigenvalue weighted by molar-refractivity contribution is 0.260. The number of halogens is 1. The summed E-state index contributed by atoms with van der Waals surface area (Å²) in [5, 5.41) is 0.619. The molecular weight excluding hydrogens is 284 g/mol. The summed E-state index contributed by atoms with van der Waals surface area (Å²) >= 11 is 6.31. The zero-order valence-corrected chi connectivity index (χ0v) is 13.9. The summed E-state index contributed by atoms with van der Waals surface area (Å²) in [6.45, 7) is 8.89. The predicted molar refractivity (Wildman–Crippen MR) is 87.2 cm³/mol. The highest BCUT2D eigenvalue weighted by molar-refractivity contribution is 6.30. The monoisotopic (exact) mass is 308 g/mol. The number of likely N-dealkylation sites (tertiary alicyclic amines) is 1. The van der Waals surface area contributed by atoms with E-state index in [1.807, 2.05) is 6.92 Å². The van der Waals surface area contributed by atoms with Gasteiger partial charge < -0.3 is 4.90 Å². The van der Waals surface area contributed by atoms with Crippen LogP contribution in [-0.2, 0) is 6.42 Å². The summed E-state index contributed by atoms with van der Waals surface area (Å²) in [4.78, 5) is 14.2. The first kappa shape index (κ1) is 15.0. The van der Waals surface area contributed by atoms with Crippen molar-refractivity contribution in [3.63, 3.8) is 0 Å². The van der Waals surface area contributed by atoms with Gasteiger partial charge in [-0.3, -0.25) is 4.90 Å². The maximum Gasteiger partial charge on any atom is 0.137 e. The Morgan fingerprint density at radius 3 is 2.67 bits per heavy atom. The summed E-state index contributed by atoms with van der Waals surface area (Å²) < 4.78 is 0. The molecule has 1 aromatic rings. The van der Waals surface area contributed by atoms with Crippen LogP contribution >= 0.6 is 11.6 Å². The average molecular weight is 309 g/mol. The van der Waals surface area contributed by atoms with Gasteiger partial charge in [0.1, 0.15) is 16.8 Å². The average Bonchev–Trinajstić information content (AvgIpc) is 3.12. The SMILES string of the molecule is CCCc1nc(Cl)c(C)c(N2CCC(N3CCCC3)C2)n1. The molecule has 3 heterocycles. The third-order valence-electron chi connectivity index (χ3n) is 4.70. The maximum absolute atomic E-state index is 6.31. The number of anilines is 1. The van der Waals surface area contributed by atoms with Crippen molar-refractivity contribution in [2.24, 2.45) is 0 Å². The van der Waals surface area contributed by atoms with E-state index in [2.05, 4.69) is 21.7 Å². The van der Waals surface area contributed by atoms with E-state index in [-0.39, 0.29) is 0 Å². The molecule has 116 valence electrons. The van der Waals surface area contributed by atoms with Crippen LogP contribution in [0.25, 0.3) is 0 Å². The quantitative estimate of drug-likeness (QED) is 0.800. The Bertz CT molecular complexity index is 499. The second-order valence-electron chi connectivity index (χ2n) is 6.26. The van der Waals surface area contributed by atoms with Crippen molar-refractivity contribution in [1.82, 2.24) is 14.9 Å². The molecule has 1 atom stereocenters. The Balaban J connectivity index is 1.77. The van der Waals surface area contributed by atoms with Gasteiger partial charge in [-0.2, -0.15) is 0 Å². The standard InChI is InChI=1S/C16H25ClN4/c1-3-6-14-18-15(17)12(2)16(19-14)21-10-7-13(11-21)20-8-4-5-9-20/h13H,3-11H2,1-2H3. The number of hydrogen-bond donors (Lipinski definition) is 0. The molecule has 0 bridgehead atoms. The molecule has 0 aromatic carbocycles. The van der Waals surface area contributed by atoms with Crippen molar-refractivity contribution >= 4 is 17.4 Å². The molecule has 0 aliphatic carbocycles. The Morgan fingerprint density at radius 2 is 1.95 bits per heavy atom. The Labute approximate surface area is 132 Å². The predicted octanol–water partition coefficient (Wildman–Crippen LogP) is 3.07. The van der Waals surface area contributed by atoms with E-state index in [0.717, 1.165) is 43.1 Å². The largest absolute Gasteiger partial charge is 0.355 e. The first-order valence-corrected chi connectivity index (χ1v) is 8.59. The zero-order valence-electron chi connectivity index (χ0n) is 13.1. The smallest absolute Gasteiger partial charge is 0.137 e. The highest BCUT2D eigenvalue weighted by Gasteiger charge is 2.31. The maximum atomic E-state index is 6.31. The van der Waals surface area contributed by atoms with Gasteiger partial charge in [0.05, 0.1) is 0 Å². The molecule has 0 N–H and O–H groups in total. The van der Waals surface area contributed by atoms with E-state index in [4.69, 9.17) is 16.6 Å². The minimum Gasteiger partial charge on any atom is -0.355 e. The van der Waals surface area contributed by atoms with Crippen molar-refractivity contribution in [3.05, 3.63) is 16.5 Å². The van der Waals surface area contributed by atoms with Crippen LogP contribution in [0, 0.1) is 6.92 Å². The van der Waals surface area contributed by atoms with Gasteiger partial charge >= 0.3 is 0 Å². The summed E-state index contributed by atoms with van der Waals surface area (Å²) in [5.41, 5.74) is 1.03. The van der Waals surface area contributed by atoms with E-state index < -0.39 is 0 Å². The molecule has 0 saturated carbocycles. The second kappa shape index (κ2) is 6.49. The summed E-state index contributed by atoms with van der Waals surface area (Å²) in [6, 6.07) is 0.690. The van der Waals surface area contributed by atoms with Gasteiger partial charge in [0.2, 0.25) is 0 Å². The van der Waals surface area contributed by atoms with E-state index in [1.54, 1.807) is 0 Å². The highest BCUT2D eigenvalue weighted by Crippen LogP contribution is 2.29. The second-order valence-corrected chi connectivity index (χ2v) is 6.62. The molecule has 21 heavy (non-hydrogen) atoms. The molecule has 2 aliphatic heterocycles. The molecule has 0 radical (unpaired) electrons. The lowest BCUT2D eigenvalue weighted by Crippen LogP contribution is -2.35. The van der Waals surface area contributed by atoms with Crippen molar-refractivity contribution in [1.29, 1.82) is 0 Å². The third kappa shape index (κ3) is 3.16. The van der Waals surface area contributed by atoms with Gasteiger partial charge in [0, 0.05) is 31.1 Å². The van der Waals surface area contributed by atoms with Crippen LogP contribution in [0.1, 0.15) is 44.0 Å². The van der Waals surface area contributed by atoms with Crippen LogP contribution in [0.5, 0.6) is 0 Å². The van der Waals surface area contributed by atoms with Crippen LogP contribution in [0.2, 0.25) is 5.15 Å². The first-order chi connectivity index (χ1) is 10.2. The molecule has 4 nitrogen and oxygen atoms in total. The summed E-state index contributed by atoms with van der Waals surface area (Å²) in [6.07, 6.45) is 5.90. The number of aromatic nitrogens is 2. The lowest BCUT2D eigenvalue weighted by Gasteiger charge is -2.25. The minimum absolute atomic E-state index is 0.619. The zero-order chi connectivity index (χ0) is 14.8. The highest BCUT2D eigenvalue weighted by atomic mass is 35.5. The van der Waals surface area contributed by atoms with Gasteiger partial charge in [0.15, 0.2) is 0 Å². The Kier molecular flexibility index (Phi) is 4.65. The molecule has 1 aromatic heterocycles. The van der Waals surface area contributed by atoms with E-state index >= 15 is 0 Å². The van der Waals surface area contributed by atoms with Crippen molar-refractivity contribution in [2.75, 3.05) is 31.1 Å². The van der Waals surface area contributed by atoms with Crippen LogP contribution in [0.3, 0.4) is 0 Å². The minimum atomic E-state index is 0.619. The number of rotatable bonds is 4. The van der Waals surface area contributed by atoms with E-state index in [1.165, 1.54) is 32.4 Å². The summed E-state index contributed by atoms with van der Waals surface area (Å²) in [5.74, 6) is 1.94. The van der Waals surface area contributed by atoms with Crippen molar-refractivity contribution < 1.29 is 0 Å². The molecule has 1 unspecified atom stereocenters. The molecule has 3 rings (SSSR count). The normalized spacial score (nSPS) is 23.2. The molecule has 0 spiro atoms. The number of aryl methyl sites for hydroxylation is 1. The topological polar surface area (TPSA) is 32.3 Å². The molecule has 0 amide bonds. The first-order valence-electron chi connectivity index (χ1n) is 8.21. The van der Waals surface area contributed by atoms with Crippen LogP contribution in [0.15, 0.2) is 0 Å². The Hall–Kier alpha value is -0.870. The number of hydrogen-bond acceptors (Lipinski definition) is 4. The van der Waals surface area contributed by atoms with Gasteiger partial charge in [-0.25, -0.2) is 9.97 Å². The van der Waals surface area contributed by atoms with Crippen molar-refractivity contribution in [2.45, 2.75) is 52.0 Å². The fourth-order valence-corrected chi connectivity index (χ4v) is 3.68. The van der Waals surface area contributed by atoms with Gasteiger partial charge in [0.25, 0.3) is 0 Å². The third-order valence-corrected chi connectivity index (χ3v) is 5.07. The van der Waals surface area contributed by atoms with Crippen LogP contribution in [0.4, 0.5) is 5.82 Å². The molecular formula is C16H25ClN4. The van der Waals surface area contributed by atoms with Gasteiger partial charge in [-0.1, -0.05) is 18.5 Å². The van der Waals surface area contributed by atoms with Gasteiger partial charge in [-0.15, -0.1) is 0 Å².